The number of benzene rings is 2. The van der Waals surface area contributed by atoms with E-state index in [1.165, 1.54) is 17.0 Å². The summed E-state index contributed by atoms with van der Waals surface area (Å²) >= 11 is 0. The Kier molecular flexibility index (Phi) is 4.35. The Morgan fingerprint density at radius 3 is 2.30 bits per heavy atom. The molecule has 20 heavy (non-hydrogen) atoms. The molecule has 0 spiro atoms. The van der Waals surface area contributed by atoms with Crippen LogP contribution >= 0.6 is 0 Å². The number of nitrogens with two attached hydrogens (primary N) is 1. The van der Waals surface area contributed by atoms with Crippen LogP contribution in [0.2, 0.25) is 0 Å². The average molecular weight is 276 g/mol. The molecule has 2 aromatic rings. The zero-order chi connectivity index (χ0) is 14.7. The maximum atomic E-state index is 14.2. The van der Waals surface area contributed by atoms with Gasteiger partial charge in [-0.1, -0.05) is 18.2 Å². The number of hydrogen-bond donors (Lipinski definition) is 1. The van der Waals surface area contributed by atoms with Crippen molar-refractivity contribution in [1.82, 2.24) is 0 Å². The van der Waals surface area contributed by atoms with E-state index in [-0.39, 0.29) is 17.7 Å². The molecule has 2 rings (SSSR count). The van der Waals surface area contributed by atoms with Gasteiger partial charge in [-0.3, -0.25) is 0 Å². The minimum absolute atomic E-state index is 0.0236. The first-order valence-corrected chi connectivity index (χ1v) is 6.51. The lowest BCUT2D eigenvalue weighted by atomic mass is 10.1. The van der Waals surface area contributed by atoms with E-state index in [1.807, 2.05) is 13.0 Å². The fourth-order valence-electron chi connectivity index (χ4n) is 2.17. The van der Waals surface area contributed by atoms with Crippen molar-refractivity contribution in [3.8, 4) is 0 Å². The monoisotopic (exact) mass is 276 g/mol. The molecule has 2 N–H and O–H groups in total. The molecule has 2 nitrogen and oxygen atoms in total. The van der Waals surface area contributed by atoms with Gasteiger partial charge in [0.2, 0.25) is 0 Å². The first kappa shape index (κ1) is 14.5. The van der Waals surface area contributed by atoms with E-state index in [0.717, 1.165) is 5.56 Å². The molecule has 1 atom stereocenters. The second-order valence-corrected chi connectivity index (χ2v) is 4.98. The van der Waals surface area contributed by atoms with Crippen LogP contribution in [0.15, 0.2) is 42.5 Å². The Bertz CT molecular complexity index is 597. The molecule has 0 aliphatic heterocycles. The Hall–Kier alpha value is -1.94. The highest BCUT2D eigenvalue weighted by molar-refractivity contribution is 5.63. The number of anilines is 2. The van der Waals surface area contributed by atoms with Gasteiger partial charge in [0, 0.05) is 13.1 Å². The van der Waals surface area contributed by atoms with Crippen molar-refractivity contribution in [2.75, 3.05) is 11.9 Å². The molecule has 106 valence electrons. The maximum absolute atomic E-state index is 14.2. The SMILES string of the molecule is CC(N)Cc1ccc(N(C)c2ccccc2F)c(F)c1. The van der Waals surface area contributed by atoms with Gasteiger partial charge in [0.15, 0.2) is 0 Å². The summed E-state index contributed by atoms with van der Waals surface area (Å²) in [5, 5.41) is 0. The van der Waals surface area contributed by atoms with Crippen molar-refractivity contribution in [1.29, 1.82) is 0 Å². The van der Waals surface area contributed by atoms with E-state index in [4.69, 9.17) is 5.73 Å². The highest BCUT2D eigenvalue weighted by atomic mass is 19.1. The van der Waals surface area contributed by atoms with Crippen molar-refractivity contribution in [2.45, 2.75) is 19.4 Å². The molecule has 0 saturated carbocycles. The van der Waals surface area contributed by atoms with Crippen LogP contribution in [-0.4, -0.2) is 13.1 Å². The average Bonchev–Trinajstić information content (AvgIpc) is 2.38. The molecule has 4 heteroatoms. The Morgan fingerprint density at radius 2 is 1.70 bits per heavy atom. The van der Waals surface area contributed by atoms with Gasteiger partial charge in [0.25, 0.3) is 0 Å². The Labute approximate surface area is 117 Å². The number of rotatable bonds is 4. The summed E-state index contributed by atoms with van der Waals surface area (Å²) < 4.78 is 27.9. The third-order valence-electron chi connectivity index (χ3n) is 3.14. The van der Waals surface area contributed by atoms with E-state index in [2.05, 4.69) is 0 Å². The second kappa shape index (κ2) is 6.01. The van der Waals surface area contributed by atoms with Crippen molar-refractivity contribution < 1.29 is 8.78 Å². The minimum atomic E-state index is -0.381. The van der Waals surface area contributed by atoms with E-state index in [0.29, 0.717) is 17.8 Å². The van der Waals surface area contributed by atoms with Gasteiger partial charge in [-0.25, -0.2) is 8.78 Å². The van der Waals surface area contributed by atoms with Crippen LogP contribution in [0.25, 0.3) is 0 Å². The molecule has 1 unspecified atom stereocenters. The summed E-state index contributed by atoms with van der Waals surface area (Å²) in [5.74, 6) is -0.761. The molecular formula is C16H18F2N2. The van der Waals surface area contributed by atoms with Crippen molar-refractivity contribution in [3.63, 3.8) is 0 Å². The molecule has 0 saturated heterocycles. The van der Waals surface area contributed by atoms with Gasteiger partial charge in [0.1, 0.15) is 11.6 Å². The quantitative estimate of drug-likeness (QED) is 0.924. The zero-order valence-electron chi connectivity index (χ0n) is 11.6. The first-order valence-electron chi connectivity index (χ1n) is 6.51. The third-order valence-corrected chi connectivity index (χ3v) is 3.14. The second-order valence-electron chi connectivity index (χ2n) is 4.98. The number of hydrogen-bond acceptors (Lipinski definition) is 2. The summed E-state index contributed by atoms with van der Waals surface area (Å²) in [6, 6.07) is 11.2. The fraction of sp³-hybridized carbons (Fsp3) is 0.250. The van der Waals surface area contributed by atoms with Crippen molar-refractivity contribution in [2.24, 2.45) is 5.73 Å². The Balaban J connectivity index is 2.31. The van der Waals surface area contributed by atoms with Crippen LogP contribution in [0.5, 0.6) is 0 Å². The summed E-state index contributed by atoms with van der Waals surface area (Å²) in [5.41, 5.74) is 7.21. The van der Waals surface area contributed by atoms with E-state index in [1.54, 1.807) is 31.3 Å². The van der Waals surface area contributed by atoms with Crippen LogP contribution in [0, 0.1) is 11.6 Å². The van der Waals surface area contributed by atoms with E-state index >= 15 is 0 Å². The molecule has 0 aliphatic carbocycles. The predicted molar refractivity (Wildman–Crippen MR) is 78.2 cm³/mol. The third kappa shape index (κ3) is 3.14. The Morgan fingerprint density at radius 1 is 1.05 bits per heavy atom. The van der Waals surface area contributed by atoms with Gasteiger partial charge < -0.3 is 10.6 Å². The summed E-state index contributed by atoms with van der Waals surface area (Å²) in [6.45, 7) is 1.87. The van der Waals surface area contributed by atoms with Crippen LogP contribution in [-0.2, 0) is 6.42 Å². The van der Waals surface area contributed by atoms with Crippen LogP contribution in [0.1, 0.15) is 12.5 Å². The maximum Gasteiger partial charge on any atom is 0.147 e. The molecular weight excluding hydrogens is 258 g/mol. The van der Waals surface area contributed by atoms with Crippen molar-refractivity contribution >= 4 is 11.4 Å². The smallest absolute Gasteiger partial charge is 0.147 e. The van der Waals surface area contributed by atoms with Crippen LogP contribution < -0.4 is 10.6 Å². The molecule has 0 heterocycles. The highest BCUT2D eigenvalue weighted by Crippen LogP contribution is 2.28. The fourth-order valence-corrected chi connectivity index (χ4v) is 2.17. The lowest BCUT2D eigenvalue weighted by Gasteiger charge is -2.21. The molecule has 0 aliphatic rings. The summed E-state index contributed by atoms with van der Waals surface area (Å²) in [4.78, 5) is 1.50. The van der Waals surface area contributed by atoms with Crippen LogP contribution in [0.4, 0.5) is 20.2 Å². The standard InChI is InChI=1S/C16H18F2N2/c1-11(19)9-12-7-8-16(14(18)10-12)20(2)15-6-4-3-5-13(15)17/h3-8,10-11H,9,19H2,1-2H3. The molecule has 0 amide bonds. The zero-order valence-corrected chi connectivity index (χ0v) is 11.6. The lowest BCUT2D eigenvalue weighted by Crippen LogP contribution is -2.18. The van der Waals surface area contributed by atoms with Gasteiger partial charge in [0.05, 0.1) is 11.4 Å². The van der Waals surface area contributed by atoms with Gasteiger partial charge in [-0.15, -0.1) is 0 Å². The topological polar surface area (TPSA) is 29.3 Å². The van der Waals surface area contributed by atoms with E-state index in [9.17, 15) is 8.78 Å². The normalized spacial score (nSPS) is 12.2. The number of nitrogens with zero attached hydrogens (tertiary/aromatic N) is 1. The molecule has 0 radical (unpaired) electrons. The highest BCUT2D eigenvalue weighted by Gasteiger charge is 2.13. The predicted octanol–water partition coefficient (Wildman–Crippen LogP) is 3.62. The van der Waals surface area contributed by atoms with Crippen molar-refractivity contribution in [3.05, 3.63) is 59.7 Å². The largest absolute Gasteiger partial charge is 0.340 e. The summed E-state index contributed by atoms with van der Waals surface area (Å²) in [6.07, 6.45) is 0.612. The van der Waals surface area contributed by atoms with Crippen LogP contribution in [0.3, 0.4) is 0 Å². The lowest BCUT2D eigenvalue weighted by molar-refractivity contribution is 0.615. The van der Waals surface area contributed by atoms with Gasteiger partial charge >= 0.3 is 0 Å². The molecule has 0 bridgehead atoms. The minimum Gasteiger partial charge on any atom is -0.340 e. The number of halogens is 2. The summed E-state index contributed by atoms with van der Waals surface area (Å²) in [7, 11) is 1.64. The number of para-hydroxylation sites is 1. The van der Waals surface area contributed by atoms with Gasteiger partial charge in [-0.05, 0) is 43.2 Å². The molecule has 0 aromatic heterocycles. The van der Waals surface area contributed by atoms with E-state index < -0.39 is 0 Å². The molecule has 2 aromatic carbocycles. The van der Waals surface area contributed by atoms with Gasteiger partial charge in [-0.2, -0.15) is 0 Å². The molecule has 0 fully saturated rings. The first-order chi connectivity index (χ1) is 9.49.